The van der Waals surface area contributed by atoms with E-state index >= 15 is 0 Å². The number of aliphatic carboxylic acids is 1. The van der Waals surface area contributed by atoms with Crippen LogP contribution in [0.25, 0.3) is 0 Å². The molecule has 1 aromatic rings. The standard InChI is InChI=1S/C13H16N2O3/c1-9-3-2-4-11(5-9)15-7-10(13(17)18)6-14-12(16)8-15/h2-5,10H,6-8H2,1H3,(H,14,16)(H,17,18). The zero-order chi connectivity index (χ0) is 13.1. The maximum Gasteiger partial charge on any atom is 0.310 e. The van der Waals surface area contributed by atoms with E-state index in [2.05, 4.69) is 5.32 Å². The Labute approximate surface area is 105 Å². The Morgan fingerprint density at radius 2 is 2.28 bits per heavy atom. The molecule has 0 radical (unpaired) electrons. The van der Waals surface area contributed by atoms with Crippen LogP contribution in [0, 0.1) is 12.8 Å². The van der Waals surface area contributed by atoms with E-state index in [4.69, 9.17) is 5.11 Å². The lowest BCUT2D eigenvalue weighted by Gasteiger charge is -2.23. The number of nitrogens with zero attached hydrogens (tertiary/aromatic N) is 1. The third-order valence-corrected chi connectivity index (χ3v) is 3.04. The van der Waals surface area contributed by atoms with E-state index < -0.39 is 11.9 Å². The Kier molecular flexibility index (Phi) is 3.50. The summed E-state index contributed by atoms with van der Waals surface area (Å²) in [5, 5.41) is 11.7. The van der Waals surface area contributed by atoms with Gasteiger partial charge in [-0.25, -0.2) is 0 Å². The van der Waals surface area contributed by atoms with E-state index in [-0.39, 0.29) is 19.0 Å². The first kappa shape index (κ1) is 12.4. The lowest BCUT2D eigenvalue weighted by atomic mass is 10.1. The molecule has 0 aromatic heterocycles. The summed E-state index contributed by atoms with van der Waals surface area (Å²) in [5.41, 5.74) is 1.97. The third-order valence-electron chi connectivity index (χ3n) is 3.04. The first-order chi connectivity index (χ1) is 8.56. The summed E-state index contributed by atoms with van der Waals surface area (Å²) in [7, 11) is 0. The zero-order valence-corrected chi connectivity index (χ0v) is 10.2. The predicted molar refractivity (Wildman–Crippen MR) is 67.5 cm³/mol. The van der Waals surface area contributed by atoms with Crippen molar-refractivity contribution in [3.63, 3.8) is 0 Å². The molecule has 0 bridgehead atoms. The average Bonchev–Trinajstić information content (AvgIpc) is 2.51. The first-order valence-electron chi connectivity index (χ1n) is 5.87. The van der Waals surface area contributed by atoms with Gasteiger partial charge in [-0.3, -0.25) is 9.59 Å². The Morgan fingerprint density at radius 3 is 2.94 bits per heavy atom. The van der Waals surface area contributed by atoms with Crippen molar-refractivity contribution >= 4 is 17.6 Å². The Hall–Kier alpha value is -2.04. The van der Waals surface area contributed by atoms with E-state index in [1.807, 2.05) is 36.1 Å². The minimum atomic E-state index is -0.880. The highest BCUT2D eigenvalue weighted by Gasteiger charge is 2.26. The highest BCUT2D eigenvalue weighted by molar-refractivity contribution is 5.83. The molecular formula is C13H16N2O3. The number of amides is 1. The molecule has 1 amide bonds. The van der Waals surface area contributed by atoms with Gasteiger partial charge in [0.05, 0.1) is 12.5 Å². The summed E-state index contributed by atoms with van der Waals surface area (Å²) in [6.45, 7) is 2.71. The molecule has 1 aliphatic rings. The van der Waals surface area contributed by atoms with Crippen LogP contribution in [0.5, 0.6) is 0 Å². The van der Waals surface area contributed by atoms with Crippen LogP contribution >= 0.6 is 0 Å². The molecule has 1 fully saturated rings. The highest BCUT2D eigenvalue weighted by Crippen LogP contribution is 2.18. The van der Waals surface area contributed by atoms with Gasteiger partial charge in [0, 0.05) is 18.8 Å². The van der Waals surface area contributed by atoms with Crippen LogP contribution < -0.4 is 10.2 Å². The van der Waals surface area contributed by atoms with E-state index in [1.54, 1.807) is 0 Å². The van der Waals surface area contributed by atoms with Gasteiger partial charge in [0.2, 0.25) is 5.91 Å². The SMILES string of the molecule is Cc1cccc(N2CC(=O)NCC(C(=O)O)C2)c1. The molecule has 0 saturated carbocycles. The van der Waals surface area contributed by atoms with Crippen molar-refractivity contribution in [2.75, 3.05) is 24.5 Å². The van der Waals surface area contributed by atoms with Crippen molar-refractivity contribution < 1.29 is 14.7 Å². The molecule has 1 aromatic carbocycles. The number of carbonyl (C=O) groups is 2. The second-order valence-corrected chi connectivity index (χ2v) is 4.56. The van der Waals surface area contributed by atoms with Gasteiger partial charge in [0.15, 0.2) is 0 Å². The van der Waals surface area contributed by atoms with Crippen LogP contribution in [0.4, 0.5) is 5.69 Å². The minimum absolute atomic E-state index is 0.139. The molecule has 5 nitrogen and oxygen atoms in total. The number of nitrogens with one attached hydrogen (secondary N) is 1. The number of carboxylic acids is 1. The van der Waals surface area contributed by atoms with E-state index in [0.717, 1.165) is 11.3 Å². The van der Waals surface area contributed by atoms with Gasteiger partial charge < -0.3 is 15.3 Å². The fourth-order valence-corrected chi connectivity index (χ4v) is 2.05. The van der Waals surface area contributed by atoms with Gasteiger partial charge in [-0.1, -0.05) is 12.1 Å². The van der Waals surface area contributed by atoms with Crippen molar-refractivity contribution in [2.24, 2.45) is 5.92 Å². The molecule has 0 aliphatic carbocycles. The zero-order valence-electron chi connectivity index (χ0n) is 10.2. The van der Waals surface area contributed by atoms with Crippen molar-refractivity contribution in [2.45, 2.75) is 6.92 Å². The molecule has 2 rings (SSSR count). The lowest BCUT2D eigenvalue weighted by molar-refractivity contribution is -0.141. The number of rotatable bonds is 2. The topological polar surface area (TPSA) is 69.6 Å². The number of carbonyl (C=O) groups excluding carboxylic acids is 1. The van der Waals surface area contributed by atoms with Gasteiger partial charge in [-0.15, -0.1) is 0 Å². The maximum absolute atomic E-state index is 11.6. The van der Waals surface area contributed by atoms with Crippen LogP contribution in [0.2, 0.25) is 0 Å². The summed E-state index contributed by atoms with van der Waals surface area (Å²) < 4.78 is 0. The van der Waals surface area contributed by atoms with E-state index in [0.29, 0.717) is 6.54 Å². The number of benzene rings is 1. The van der Waals surface area contributed by atoms with Crippen LogP contribution in [-0.2, 0) is 9.59 Å². The van der Waals surface area contributed by atoms with Crippen LogP contribution in [-0.4, -0.2) is 36.6 Å². The van der Waals surface area contributed by atoms with E-state index in [1.165, 1.54) is 0 Å². The Balaban J connectivity index is 2.24. The monoisotopic (exact) mass is 248 g/mol. The summed E-state index contributed by atoms with van der Waals surface area (Å²) in [4.78, 5) is 24.5. The number of hydrogen-bond donors (Lipinski definition) is 2. The van der Waals surface area contributed by atoms with Gasteiger partial charge in [-0.2, -0.15) is 0 Å². The van der Waals surface area contributed by atoms with Crippen molar-refractivity contribution in [1.82, 2.24) is 5.32 Å². The predicted octanol–water partition coefficient (Wildman–Crippen LogP) is 0.632. The van der Waals surface area contributed by atoms with Crippen LogP contribution in [0.1, 0.15) is 5.56 Å². The molecular weight excluding hydrogens is 232 g/mol. The van der Waals surface area contributed by atoms with Gasteiger partial charge >= 0.3 is 5.97 Å². The van der Waals surface area contributed by atoms with E-state index in [9.17, 15) is 9.59 Å². The summed E-state index contributed by atoms with van der Waals surface area (Å²) in [6, 6.07) is 7.72. The number of aryl methyl sites for hydroxylation is 1. The largest absolute Gasteiger partial charge is 0.481 e. The molecule has 1 saturated heterocycles. The molecule has 18 heavy (non-hydrogen) atoms. The van der Waals surface area contributed by atoms with Crippen LogP contribution in [0.15, 0.2) is 24.3 Å². The third kappa shape index (κ3) is 2.80. The molecule has 0 spiro atoms. The van der Waals surface area contributed by atoms with Crippen molar-refractivity contribution in [3.8, 4) is 0 Å². The first-order valence-corrected chi connectivity index (χ1v) is 5.87. The second kappa shape index (κ2) is 5.08. The average molecular weight is 248 g/mol. The van der Waals surface area contributed by atoms with Gasteiger partial charge in [0.25, 0.3) is 0 Å². The maximum atomic E-state index is 11.6. The molecule has 1 heterocycles. The summed E-state index contributed by atoms with van der Waals surface area (Å²) in [6.07, 6.45) is 0. The molecule has 2 N–H and O–H groups in total. The molecule has 5 heteroatoms. The normalized spacial score (nSPS) is 20.2. The second-order valence-electron chi connectivity index (χ2n) is 4.56. The molecule has 1 aliphatic heterocycles. The minimum Gasteiger partial charge on any atom is -0.481 e. The summed E-state index contributed by atoms with van der Waals surface area (Å²) in [5.74, 6) is -1.59. The number of anilines is 1. The fourth-order valence-electron chi connectivity index (χ4n) is 2.05. The molecule has 1 unspecified atom stereocenters. The van der Waals surface area contributed by atoms with Gasteiger partial charge in [-0.05, 0) is 24.6 Å². The van der Waals surface area contributed by atoms with Crippen LogP contribution in [0.3, 0.4) is 0 Å². The van der Waals surface area contributed by atoms with Gasteiger partial charge in [0.1, 0.15) is 0 Å². The number of hydrogen-bond acceptors (Lipinski definition) is 3. The molecule has 96 valence electrons. The lowest BCUT2D eigenvalue weighted by Crippen LogP contribution is -2.34. The Morgan fingerprint density at radius 1 is 1.50 bits per heavy atom. The van der Waals surface area contributed by atoms with Crippen molar-refractivity contribution in [1.29, 1.82) is 0 Å². The smallest absolute Gasteiger partial charge is 0.310 e. The summed E-state index contributed by atoms with van der Waals surface area (Å²) >= 11 is 0. The molecule has 1 atom stereocenters. The number of carboxylic acid groups (broad SMARTS) is 1. The fraction of sp³-hybridized carbons (Fsp3) is 0.385. The Bertz CT molecular complexity index is 473. The van der Waals surface area contributed by atoms with Crippen molar-refractivity contribution in [3.05, 3.63) is 29.8 Å². The highest BCUT2D eigenvalue weighted by atomic mass is 16.4. The quantitative estimate of drug-likeness (QED) is 0.805.